The summed E-state index contributed by atoms with van der Waals surface area (Å²) in [5.41, 5.74) is -0.520. The van der Waals surface area contributed by atoms with Crippen LogP contribution in [0.25, 0.3) is 0 Å². The number of nitrogens with zero attached hydrogens (tertiary/aromatic N) is 1. The van der Waals surface area contributed by atoms with Gasteiger partial charge in [-0.15, -0.1) is 0 Å². The Hall–Kier alpha value is -0.860. The standard InChI is InChI=1S/C16H29NO2/c1-5-7-8-10-13-11-9-12-17(13)15(19)14(18)16(3,4)6-2/h13H,5-12H2,1-4H3. The Labute approximate surface area is 117 Å². The third-order valence-corrected chi connectivity index (χ3v) is 4.47. The highest BCUT2D eigenvalue weighted by atomic mass is 16.2. The van der Waals surface area contributed by atoms with Crippen LogP contribution >= 0.6 is 0 Å². The molecular formula is C16H29NO2. The van der Waals surface area contributed by atoms with Crippen molar-refractivity contribution in [3.63, 3.8) is 0 Å². The highest BCUT2D eigenvalue weighted by Crippen LogP contribution is 2.27. The van der Waals surface area contributed by atoms with Crippen molar-refractivity contribution in [2.45, 2.75) is 78.7 Å². The number of hydrogen-bond acceptors (Lipinski definition) is 2. The second kappa shape index (κ2) is 7.06. The van der Waals surface area contributed by atoms with Gasteiger partial charge in [0.25, 0.3) is 5.91 Å². The van der Waals surface area contributed by atoms with Crippen LogP contribution < -0.4 is 0 Å². The lowest BCUT2D eigenvalue weighted by Crippen LogP contribution is -2.44. The van der Waals surface area contributed by atoms with Crippen molar-refractivity contribution in [3.8, 4) is 0 Å². The Kier molecular flexibility index (Phi) is 6.02. The smallest absolute Gasteiger partial charge is 0.290 e. The van der Waals surface area contributed by atoms with Gasteiger partial charge >= 0.3 is 0 Å². The van der Waals surface area contributed by atoms with Gasteiger partial charge in [-0.1, -0.05) is 47.0 Å². The summed E-state index contributed by atoms with van der Waals surface area (Å²) in [6.07, 6.45) is 7.45. The van der Waals surface area contributed by atoms with Crippen LogP contribution in [0.15, 0.2) is 0 Å². The fourth-order valence-electron chi connectivity index (χ4n) is 2.61. The molecule has 1 rings (SSSR count). The lowest BCUT2D eigenvalue weighted by molar-refractivity contribution is -0.149. The Morgan fingerprint density at radius 1 is 1.21 bits per heavy atom. The molecule has 1 aliphatic rings. The van der Waals surface area contributed by atoms with Crippen LogP contribution in [-0.4, -0.2) is 29.2 Å². The molecule has 110 valence electrons. The fourth-order valence-corrected chi connectivity index (χ4v) is 2.61. The molecule has 0 bridgehead atoms. The van der Waals surface area contributed by atoms with E-state index in [-0.39, 0.29) is 11.7 Å². The van der Waals surface area contributed by atoms with Crippen molar-refractivity contribution in [3.05, 3.63) is 0 Å². The zero-order valence-corrected chi connectivity index (χ0v) is 13.0. The number of ketones is 1. The van der Waals surface area contributed by atoms with Crippen molar-refractivity contribution in [1.29, 1.82) is 0 Å². The topological polar surface area (TPSA) is 37.4 Å². The van der Waals surface area contributed by atoms with Gasteiger partial charge in [0.15, 0.2) is 0 Å². The number of rotatable bonds is 7. The van der Waals surface area contributed by atoms with Crippen LogP contribution in [0.5, 0.6) is 0 Å². The van der Waals surface area contributed by atoms with E-state index in [2.05, 4.69) is 6.92 Å². The molecule has 1 atom stereocenters. The van der Waals surface area contributed by atoms with Crippen molar-refractivity contribution in [2.24, 2.45) is 5.41 Å². The maximum absolute atomic E-state index is 12.4. The van der Waals surface area contributed by atoms with Gasteiger partial charge in [-0.3, -0.25) is 9.59 Å². The summed E-state index contributed by atoms with van der Waals surface area (Å²) in [4.78, 5) is 26.5. The lowest BCUT2D eigenvalue weighted by Gasteiger charge is -2.28. The number of carbonyl (C=O) groups is 2. The number of carbonyl (C=O) groups excluding carboxylic acids is 2. The minimum absolute atomic E-state index is 0.211. The Morgan fingerprint density at radius 3 is 2.47 bits per heavy atom. The van der Waals surface area contributed by atoms with Gasteiger partial charge in [-0.2, -0.15) is 0 Å². The van der Waals surface area contributed by atoms with Crippen LogP contribution in [0, 0.1) is 5.41 Å². The molecular weight excluding hydrogens is 238 g/mol. The molecule has 19 heavy (non-hydrogen) atoms. The Bertz CT molecular complexity index is 323. The first-order valence-corrected chi connectivity index (χ1v) is 7.79. The molecule has 0 N–H and O–H groups in total. The largest absolute Gasteiger partial charge is 0.333 e. The normalized spacial score (nSPS) is 19.8. The van der Waals surface area contributed by atoms with E-state index in [1.54, 1.807) is 0 Å². The molecule has 0 aromatic rings. The van der Waals surface area contributed by atoms with E-state index in [0.717, 1.165) is 32.2 Å². The molecule has 1 amide bonds. The molecule has 3 heteroatoms. The summed E-state index contributed by atoms with van der Waals surface area (Å²) in [5, 5.41) is 0. The first-order chi connectivity index (χ1) is 8.94. The van der Waals surface area contributed by atoms with E-state index in [4.69, 9.17) is 0 Å². The van der Waals surface area contributed by atoms with Crippen LogP contribution in [0.2, 0.25) is 0 Å². The number of amides is 1. The van der Waals surface area contributed by atoms with Gasteiger partial charge in [0, 0.05) is 18.0 Å². The highest BCUT2D eigenvalue weighted by Gasteiger charge is 2.38. The van der Waals surface area contributed by atoms with E-state index in [1.807, 2.05) is 25.7 Å². The summed E-state index contributed by atoms with van der Waals surface area (Å²) in [7, 11) is 0. The maximum atomic E-state index is 12.4. The predicted octanol–water partition coefficient (Wildman–Crippen LogP) is 3.56. The SMILES string of the molecule is CCCCCC1CCCN1C(=O)C(=O)C(C)(C)CC. The third-order valence-electron chi connectivity index (χ3n) is 4.47. The van der Waals surface area contributed by atoms with E-state index >= 15 is 0 Å². The lowest BCUT2D eigenvalue weighted by atomic mass is 9.84. The zero-order valence-electron chi connectivity index (χ0n) is 13.0. The Balaban J connectivity index is 2.62. The molecule has 1 saturated heterocycles. The summed E-state index contributed by atoms with van der Waals surface area (Å²) >= 11 is 0. The van der Waals surface area contributed by atoms with Gasteiger partial charge in [0.2, 0.25) is 5.78 Å². The molecule has 0 aromatic carbocycles. The molecule has 1 fully saturated rings. The molecule has 0 radical (unpaired) electrons. The maximum Gasteiger partial charge on any atom is 0.290 e. The highest BCUT2D eigenvalue weighted by molar-refractivity contribution is 6.38. The van der Waals surface area contributed by atoms with Crippen molar-refractivity contribution >= 4 is 11.7 Å². The average molecular weight is 267 g/mol. The summed E-state index contributed by atoms with van der Waals surface area (Å²) in [5.74, 6) is -0.455. The van der Waals surface area contributed by atoms with Crippen LogP contribution in [-0.2, 0) is 9.59 Å². The first kappa shape index (κ1) is 16.2. The average Bonchev–Trinajstić information content (AvgIpc) is 2.85. The molecule has 1 unspecified atom stereocenters. The number of Topliss-reactive ketones (excluding diaryl/α,β-unsaturated/α-hetero) is 1. The van der Waals surface area contributed by atoms with E-state index in [1.165, 1.54) is 12.8 Å². The minimum atomic E-state index is -0.520. The summed E-state index contributed by atoms with van der Waals surface area (Å²) in [6.45, 7) is 8.66. The minimum Gasteiger partial charge on any atom is -0.333 e. The van der Waals surface area contributed by atoms with Crippen LogP contribution in [0.3, 0.4) is 0 Å². The van der Waals surface area contributed by atoms with Gasteiger partial charge in [0.05, 0.1) is 0 Å². The molecule has 1 aliphatic heterocycles. The van der Waals surface area contributed by atoms with E-state index in [0.29, 0.717) is 12.5 Å². The number of likely N-dealkylation sites (tertiary alicyclic amines) is 1. The summed E-state index contributed by atoms with van der Waals surface area (Å²) in [6, 6.07) is 0.302. The van der Waals surface area contributed by atoms with Gasteiger partial charge in [-0.25, -0.2) is 0 Å². The molecule has 3 nitrogen and oxygen atoms in total. The van der Waals surface area contributed by atoms with E-state index in [9.17, 15) is 9.59 Å². The quantitative estimate of drug-likeness (QED) is 0.522. The van der Waals surface area contributed by atoms with Gasteiger partial charge in [0.1, 0.15) is 0 Å². The molecule has 0 saturated carbocycles. The molecule has 0 aromatic heterocycles. The van der Waals surface area contributed by atoms with Crippen LogP contribution in [0.4, 0.5) is 0 Å². The van der Waals surface area contributed by atoms with E-state index < -0.39 is 5.41 Å². The van der Waals surface area contributed by atoms with Crippen LogP contribution in [0.1, 0.15) is 72.6 Å². The second-order valence-electron chi connectivity index (χ2n) is 6.36. The summed E-state index contributed by atoms with van der Waals surface area (Å²) < 4.78 is 0. The monoisotopic (exact) mass is 267 g/mol. The van der Waals surface area contributed by atoms with Crippen molar-refractivity contribution in [1.82, 2.24) is 4.90 Å². The zero-order chi connectivity index (χ0) is 14.5. The Morgan fingerprint density at radius 2 is 1.89 bits per heavy atom. The molecule has 0 aliphatic carbocycles. The first-order valence-electron chi connectivity index (χ1n) is 7.79. The fraction of sp³-hybridized carbons (Fsp3) is 0.875. The van der Waals surface area contributed by atoms with Gasteiger partial charge in [-0.05, 0) is 25.7 Å². The van der Waals surface area contributed by atoms with Crippen molar-refractivity contribution in [2.75, 3.05) is 6.54 Å². The second-order valence-corrected chi connectivity index (χ2v) is 6.36. The predicted molar refractivity (Wildman–Crippen MR) is 78.0 cm³/mol. The van der Waals surface area contributed by atoms with Crippen molar-refractivity contribution < 1.29 is 9.59 Å². The van der Waals surface area contributed by atoms with Gasteiger partial charge < -0.3 is 4.90 Å². The third kappa shape index (κ3) is 4.05. The number of hydrogen-bond donors (Lipinski definition) is 0. The molecule has 0 spiro atoms. The number of unbranched alkanes of at least 4 members (excludes halogenated alkanes) is 2. The molecule has 1 heterocycles.